The molecule has 1 aliphatic rings. The van der Waals surface area contributed by atoms with Crippen molar-refractivity contribution < 1.29 is 14.7 Å². The fourth-order valence-electron chi connectivity index (χ4n) is 1.94. The number of amides is 2. The Bertz CT molecular complexity index is 479. The van der Waals surface area contributed by atoms with Crippen molar-refractivity contribution in [3.63, 3.8) is 0 Å². The number of carbonyl (C=O) groups is 2. The van der Waals surface area contributed by atoms with E-state index in [9.17, 15) is 9.59 Å². The number of likely N-dealkylation sites (tertiary alicyclic amines) is 1. The van der Waals surface area contributed by atoms with Crippen molar-refractivity contribution in [2.45, 2.75) is 6.92 Å². The van der Waals surface area contributed by atoms with Crippen LogP contribution in [0.4, 0.5) is 9.93 Å². The van der Waals surface area contributed by atoms with Crippen LogP contribution in [0.5, 0.6) is 0 Å². The van der Waals surface area contributed by atoms with E-state index in [1.807, 2.05) is 6.92 Å². The van der Waals surface area contributed by atoms with Gasteiger partial charge in [-0.15, -0.1) is 0 Å². The topological polar surface area (TPSA) is 82.5 Å². The van der Waals surface area contributed by atoms with E-state index < -0.39 is 11.9 Å². The van der Waals surface area contributed by atoms with E-state index in [0.29, 0.717) is 11.7 Å². The van der Waals surface area contributed by atoms with Crippen LogP contribution in [0.1, 0.15) is 6.92 Å². The Morgan fingerprint density at radius 2 is 2.33 bits per heavy atom. The smallest absolute Gasteiger partial charge is 0.323 e. The molecule has 1 aromatic heterocycles. The number of rotatable bonds is 2. The van der Waals surface area contributed by atoms with Crippen LogP contribution < -0.4 is 5.32 Å². The third-order valence-electron chi connectivity index (χ3n) is 2.91. The number of anilines is 1. The number of carboxylic acid groups (broad SMARTS) is 1. The van der Waals surface area contributed by atoms with E-state index in [1.54, 1.807) is 6.20 Å². The van der Waals surface area contributed by atoms with Gasteiger partial charge in [-0.25, -0.2) is 9.78 Å². The monoisotopic (exact) mass is 333 g/mol. The van der Waals surface area contributed by atoms with Gasteiger partial charge in [-0.2, -0.15) is 0 Å². The summed E-state index contributed by atoms with van der Waals surface area (Å²) in [5.74, 6) is -1.37. The number of aromatic nitrogens is 1. The van der Waals surface area contributed by atoms with E-state index in [1.165, 1.54) is 16.2 Å². The predicted octanol–water partition coefficient (Wildman–Crippen LogP) is 2.09. The first-order chi connectivity index (χ1) is 8.47. The third kappa shape index (κ3) is 2.81. The Balaban J connectivity index is 1.97. The van der Waals surface area contributed by atoms with Gasteiger partial charge in [0.05, 0.1) is 15.9 Å². The van der Waals surface area contributed by atoms with E-state index >= 15 is 0 Å². The first-order valence-electron chi connectivity index (χ1n) is 5.37. The number of thiazole rings is 1. The molecule has 0 spiro atoms. The number of aliphatic carboxylic acids is 1. The van der Waals surface area contributed by atoms with Crippen molar-refractivity contribution in [3.05, 3.63) is 9.98 Å². The van der Waals surface area contributed by atoms with Gasteiger partial charge in [-0.1, -0.05) is 18.3 Å². The minimum Gasteiger partial charge on any atom is -0.481 e. The minimum atomic E-state index is -0.852. The molecule has 98 valence electrons. The third-order valence-corrected chi connectivity index (χ3v) is 4.30. The van der Waals surface area contributed by atoms with Crippen molar-refractivity contribution in [1.82, 2.24) is 9.88 Å². The average Bonchev–Trinajstić information content (AvgIpc) is 2.85. The molecule has 0 aromatic carbocycles. The van der Waals surface area contributed by atoms with Gasteiger partial charge in [-0.3, -0.25) is 10.1 Å². The number of hydrogen-bond acceptors (Lipinski definition) is 4. The Morgan fingerprint density at radius 3 is 2.83 bits per heavy atom. The van der Waals surface area contributed by atoms with Gasteiger partial charge in [0.25, 0.3) is 0 Å². The van der Waals surface area contributed by atoms with Crippen molar-refractivity contribution in [2.24, 2.45) is 11.8 Å². The van der Waals surface area contributed by atoms with E-state index in [2.05, 4.69) is 26.2 Å². The first-order valence-corrected chi connectivity index (χ1v) is 6.98. The first kappa shape index (κ1) is 13.3. The summed E-state index contributed by atoms with van der Waals surface area (Å²) in [7, 11) is 0. The molecule has 6 nitrogen and oxygen atoms in total. The number of carbonyl (C=O) groups excluding carboxylic acids is 1. The molecule has 2 rings (SSSR count). The van der Waals surface area contributed by atoms with Crippen LogP contribution in [0, 0.1) is 11.8 Å². The SMILES string of the molecule is CC1CN(C(=O)Nc2ncc(Br)s2)CC1C(=O)O. The molecule has 2 N–H and O–H groups in total. The molecule has 18 heavy (non-hydrogen) atoms. The molecule has 8 heteroatoms. The van der Waals surface area contributed by atoms with E-state index in [4.69, 9.17) is 5.11 Å². The van der Waals surface area contributed by atoms with Crippen molar-refractivity contribution in [2.75, 3.05) is 18.4 Å². The Labute approximate surface area is 116 Å². The molecule has 0 saturated carbocycles. The molecule has 2 amide bonds. The number of urea groups is 1. The lowest BCUT2D eigenvalue weighted by molar-refractivity contribution is -0.142. The highest BCUT2D eigenvalue weighted by Crippen LogP contribution is 2.26. The van der Waals surface area contributed by atoms with Crippen LogP contribution in [-0.4, -0.2) is 40.1 Å². The van der Waals surface area contributed by atoms with Gasteiger partial charge in [0.15, 0.2) is 5.13 Å². The number of nitrogens with zero attached hydrogens (tertiary/aromatic N) is 2. The lowest BCUT2D eigenvalue weighted by atomic mass is 9.99. The molecule has 2 atom stereocenters. The molecule has 2 unspecified atom stereocenters. The standard InChI is InChI=1S/C10H12BrN3O3S/c1-5-3-14(4-6(5)8(15)16)10(17)13-9-12-2-7(11)18-9/h2,5-6H,3-4H2,1H3,(H,15,16)(H,12,13,17). The summed E-state index contributed by atoms with van der Waals surface area (Å²) >= 11 is 4.57. The van der Waals surface area contributed by atoms with Gasteiger partial charge >= 0.3 is 12.0 Å². The Hall–Kier alpha value is -1.15. The summed E-state index contributed by atoms with van der Waals surface area (Å²) in [6.45, 7) is 2.54. The summed E-state index contributed by atoms with van der Waals surface area (Å²) in [6, 6.07) is -0.299. The van der Waals surface area contributed by atoms with Crippen LogP contribution in [0.15, 0.2) is 9.98 Å². The molecule has 2 heterocycles. The van der Waals surface area contributed by atoms with Gasteiger partial charge in [0.1, 0.15) is 0 Å². The van der Waals surface area contributed by atoms with Crippen LogP contribution in [-0.2, 0) is 4.79 Å². The second kappa shape index (κ2) is 5.23. The fourth-order valence-corrected chi connectivity index (χ4v) is 3.03. The van der Waals surface area contributed by atoms with Crippen molar-refractivity contribution in [3.8, 4) is 0 Å². The van der Waals surface area contributed by atoms with Gasteiger partial charge in [0.2, 0.25) is 0 Å². The molecule has 1 fully saturated rings. The summed E-state index contributed by atoms with van der Waals surface area (Å²) < 4.78 is 0.830. The highest BCUT2D eigenvalue weighted by molar-refractivity contribution is 9.11. The van der Waals surface area contributed by atoms with Gasteiger partial charge in [-0.05, 0) is 21.8 Å². The highest BCUT2D eigenvalue weighted by atomic mass is 79.9. The fraction of sp³-hybridized carbons (Fsp3) is 0.500. The molecule has 1 aromatic rings. The second-order valence-electron chi connectivity index (χ2n) is 4.23. The van der Waals surface area contributed by atoms with Crippen LogP contribution in [0.25, 0.3) is 0 Å². The van der Waals surface area contributed by atoms with Crippen LogP contribution in [0.2, 0.25) is 0 Å². The van der Waals surface area contributed by atoms with E-state index in [0.717, 1.165) is 3.79 Å². The van der Waals surface area contributed by atoms with Crippen molar-refractivity contribution >= 4 is 44.4 Å². The Kier molecular flexibility index (Phi) is 3.86. The Morgan fingerprint density at radius 1 is 1.61 bits per heavy atom. The predicted molar refractivity (Wildman–Crippen MR) is 70.7 cm³/mol. The molecule has 0 aliphatic carbocycles. The van der Waals surface area contributed by atoms with Crippen LogP contribution in [0.3, 0.4) is 0 Å². The number of carboxylic acids is 1. The zero-order chi connectivity index (χ0) is 13.3. The van der Waals surface area contributed by atoms with Gasteiger partial charge < -0.3 is 10.0 Å². The largest absolute Gasteiger partial charge is 0.481 e. The van der Waals surface area contributed by atoms with E-state index in [-0.39, 0.29) is 18.5 Å². The minimum absolute atomic E-state index is 0.0312. The maximum Gasteiger partial charge on any atom is 0.323 e. The lowest BCUT2D eigenvalue weighted by Crippen LogP contribution is -2.33. The second-order valence-corrected chi connectivity index (χ2v) is 6.64. The maximum absolute atomic E-state index is 11.9. The quantitative estimate of drug-likeness (QED) is 0.868. The molecule has 1 aliphatic heterocycles. The highest BCUT2D eigenvalue weighted by Gasteiger charge is 2.37. The molecular formula is C10H12BrN3O3S. The summed E-state index contributed by atoms with van der Waals surface area (Å²) in [6.07, 6.45) is 1.60. The molecule has 0 bridgehead atoms. The van der Waals surface area contributed by atoms with Crippen LogP contribution >= 0.6 is 27.3 Å². The summed E-state index contributed by atoms with van der Waals surface area (Å²) in [5.41, 5.74) is 0. The number of nitrogens with one attached hydrogen (secondary N) is 1. The molecule has 1 saturated heterocycles. The maximum atomic E-state index is 11.9. The lowest BCUT2D eigenvalue weighted by Gasteiger charge is -2.15. The average molecular weight is 334 g/mol. The zero-order valence-corrected chi connectivity index (χ0v) is 12.0. The van der Waals surface area contributed by atoms with Gasteiger partial charge in [0, 0.05) is 13.1 Å². The number of hydrogen-bond donors (Lipinski definition) is 2. The normalized spacial score (nSPS) is 23.1. The summed E-state index contributed by atoms with van der Waals surface area (Å²) in [5, 5.41) is 12.2. The van der Waals surface area contributed by atoms with Crippen molar-refractivity contribution in [1.29, 1.82) is 0 Å². The number of halogens is 1. The zero-order valence-electron chi connectivity index (χ0n) is 9.59. The summed E-state index contributed by atoms with van der Waals surface area (Å²) in [4.78, 5) is 28.4. The molecule has 0 radical (unpaired) electrons. The molecular weight excluding hydrogens is 322 g/mol.